The van der Waals surface area contributed by atoms with Gasteiger partial charge in [-0.05, 0) is 40.5 Å². The highest BCUT2D eigenvalue weighted by Crippen LogP contribution is 2.07. The quantitative estimate of drug-likeness (QED) is 0.603. The van der Waals surface area contributed by atoms with Gasteiger partial charge in [0.15, 0.2) is 0 Å². The number of allylic oxidation sites excluding steroid dienone is 1. The molecule has 120 valence electrons. The highest BCUT2D eigenvalue weighted by molar-refractivity contribution is 6.36. The van der Waals surface area contributed by atoms with Crippen LogP contribution < -0.4 is 5.32 Å². The number of unbranched alkanes of at least 4 members (excludes halogenated alkanes) is 1. The number of ether oxygens (including phenoxy) is 2. The maximum atomic E-state index is 11.6. The van der Waals surface area contributed by atoms with Crippen molar-refractivity contribution in [2.75, 3.05) is 7.11 Å². The second-order valence-electron chi connectivity index (χ2n) is 5.61. The SMILES string of the molecule is CCCCC(=N/C=C(\C)NC(=O)OC(C)(C)C)C(=O)OC. The molecule has 0 aromatic heterocycles. The fraction of sp³-hybridized carbons (Fsp3) is 0.667. The van der Waals surface area contributed by atoms with E-state index in [1.54, 1.807) is 27.7 Å². The van der Waals surface area contributed by atoms with Gasteiger partial charge < -0.3 is 9.47 Å². The fourth-order valence-electron chi connectivity index (χ4n) is 1.35. The zero-order valence-electron chi connectivity index (χ0n) is 13.8. The average molecular weight is 298 g/mol. The number of aliphatic imine (C=N–C) groups is 1. The number of carbonyl (C=O) groups excluding carboxylic acids is 2. The molecule has 0 fully saturated rings. The molecule has 0 radical (unpaired) electrons. The van der Waals surface area contributed by atoms with Gasteiger partial charge in [-0.25, -0.2) is 9.59 Å². The number of hydrogen-bond donors (Lipinski definition) is 1. The van der Waals surface area contributed by atoms with E-state index in [9.17, 15) is 9.59 Å². The van der Waals surface area contributed by atoms with Gasteiger partial charge in [-0.1, -0.05) is 13.3 Å². The zero-order chi connectivity index (χ0) is 16.5. The average Bonchev–Trinajstić information content (AvgIpc) is 2.35. The molecular formula is C15H26N2O4. The predicted octanol–water partition coefficient (Wildman–Crippen LogP) is 3.18. The lowest BCUT2D eigenvalue weighted by molar-refractivity contribution is -0.132. The van der Waals surface area contributed by atoms with Crippen molar-refractivity contribution in [3.63, 3.8) is 0 Å². The Morgan fingerprint density at radius 3 is 2.38 bits per heavy atom. The van der Waals surface area contributed by atoms with Gasteiger partial charge in [0.25, 0.3) is 0 Å². The van der Waals surface area contributed by atoms with E-state index in [-0.39, 0.29) is 0 Å². The van der Waals surface area contributed by atoms with Gasteiger partial charge in [0.1, 0.15) is 11.3 Å². The monoisotopic (exact) mass is 298 g/mol. The van der Waals surface area contributed by atoms with Crippen LogP contribution in [-0.4, -0.2) is 30.5 Å². The van der Waals surface area contributed by atoms with Gasteiger partial charge in [-0.2, -0.15) is 0 Å². The first-order valence-electron chi connectivity index (χ1n) is 7.01. The molecule has 0 aromatic carbocycles. The van der Waals surface area contributed by atoms with Crippen molar-refractivity contribution in [3.05, 3.63) is 11.9 Å². The molecule has 0 saturated heterocycles. The molecule has 1 N–H and O–H groups in total. The first-order chi connectivity index (χ1) is 9.69. The Hall–Kier alpha value is -1.85. The largest absolute Gasteiger partial charge is 0.465 e. The molecule has 0 rings (SSSR count). The number of amides is 1. The summed E-state index contributed by atoms with van der Waals surface area (Å²) in [4.78, 5) is 27.2. The van der Waals surface area contributed by atoms with Crippen LogP contribution in [0.4, 0.5) is 4.79 Å². The van der Waals surface area contributed by atoms with E-state index >= 15 is 0 Å². The molecule has 0 aliphatic rings. The summed E-state index contributed by atoms with van der Waals surface area (Å²) in [5.74, 6) is -0.454. The molecule has 0 heterocycles. The minimum atomic E-state index is -0.564. The van der Waals surface area contributed by atoms with Gasteiger partial charge in [0.05, 0.1) is 7.11 Å². The molecule has 0 unspecified atom stereocenters. The molecule has 0 bridgehead atoms. The van der Waals surface area contributed by atoms with Crippen molar-refractivity contribution in [1.29, 1.82) is 0 Å². The Labute approximate surface area is 126 Å². The molecule has 1 amide bonds. The summed E-state index contributed by atoms with van der Waals surface area (Å²) in [5, 5.41) is 2.55. The minimum Gasteiger partial charge on any atom is -0.465 e. The van der Waals surface area contributed by atoms with Crippen molar-refractivity contribution in [2.45, 2.75) is 59.5 Å². The number of hydrogen-bond acceptors (Lipinski definition) is 5. The standard InChI is InChI=1S/C15H26N2O4/c1-7-8-9-12(13(18)20-6)16-10-11(2)17-14(19)21-15(3,4)5/h10H,7-9H2,1-6H3,(H,17,19)/b11-10+,16-12?. The van der Waals surface area contributed by atoms with E-state index in [1.807, 2.05) is 6.92 Å². The minimum absolute atomic E-state index is 0.338. The summed E-state index contributed by atoms with van der Waals surface area (Å²) >= 11 is 0. The summed E-state index contributed by atoms with van der Waals surface area (Å²) in [7, 11) is 1.32. The van der Waals surface area contributed by atoms with Crippen molar-refractivity contribution in [2.24, 2.45) is 4.99 Å². The zero-order valence-corrected chi connectivity index (χ0v) is 13.8. The van der Waals surface area contributed by atoms with Crippen LogP contribution in [0.1, 0.15) is 53.9 Å². The summed E-state index contributed by atoms with van der Waals surface area (Å²) in [6, 6.07) is 0. The molecule has 0 saturated carbocycles. The summed E-state index contributed by atoms with van der Waals surface area (Å²) in [5.41, 5.74) is 0.262. The third-order valence-electron chi connectivity index (χ3n) is 2.30. The third kappa shape index (κ3) is 9.65. The van der Waals surface area contributed by atoms with Crippen molar-refractivity contribution in [1.82, 2.24) is 5.32 Å². The predicted molar refractivity (Wildman–Crippen MR) is 82.1 cm³/mol. The summed E-state index contributed by atoms with van der Waals surface area (Å²) < 4.78 is 9.80. The number of nitrogens with one attached hydrogen (secondary N) is 1. The van der Waals surface area contributed by atoms with E-state index in [0.29, 0.717) is 17.8 Å². The van der Waals surface area contributed by atoms with Crippen LogP contribution in [0.3, 0.4) is 0 Å². The van der Waals surface area contributed by atoms with Crippen LogP contribution in [0.15, 0.2) is 16.9 Å². The lowest BCUT2D eigenvalue weighted by atomic mass is 10.2. The van der Waals surface area contributed by atoms with Gasteiger partial charge in [-0.15, -0.1) is 0 Å². The molecule has 0 aromatic rings. The van der Waals surface area contributed by atoms with Crippen LogP contribution in [-0.2, 0) is 14.3 Å². The van der Waals surface area contributed by atoms with Gasteiger partial charge in [0.2, 0.25) is 0 Å². The Bertz CT molecular complexity index is 420. The second-order valence-corrected chi connectivity index (χ2v) is 5.61. The first-order valence-corrected chi connectivity index (χ1v) is 7.01. The Morgan fingerprint density at radius 1 is 1.29 bits per heavy atom. The van der Waals surface area contributed by atoms with Crippen molar-refractivity contribution < 1.29 is 19.1 Å². The Balaban J connectivity index is 4.73. The van der Waals surface area contributed by atoms with E-state index in [0.717, 1.165) is 12.8 Å². The van der Waals surface area contributed by atoms with Crippen LogP contribution in [0.2, 0.25) is 0 Å². The molecule has 0 atom stereocenters. The molecular weight excluding hydrogens is 272 g/mol. The van der Waals surface area contributed by atoms with Gasteiger partial charge >= 0.3 is 12.1 Å². The van der Waals surface area contributed by atoms with Crippen LogP contribution >= 0.6 is 0 Å². The highest BCUT2D eigenvalue weighted by Gasteiger charge is 2.16. The highest BCUT2D eigenvalue weighted by atomic mass is 16.6. The normalized spacial score (nSPS) is 12.9. The topological polar surface area (TPSA) is 77.0 Å². The van der Waals surface area contributed by atoms with Crippen LogP contribution in [0.5, 0.6) is 0 Å². The van der Waals surface area contributed by atoms with Crippen LogP contribution in [0.25, 0.3) is 0 Å². The van der Waals surface area contributed by atoms with Crippen LogP contribution in [0, 0.1) is 0 Å². The molecule has 0 aliphatic heterocycles. The number of rotatable bonds is 6. The fourth-order valence-corrected chi connectivity index (χ4v) is 1.35. The maximum Gasteiger partial charge on any atom is 0.411 e. The first kappa shape index (κ1) is 19.1. The van der Waals surface area contributed by atoms with Gasteiger partial charge in [-0.3, -0.25) is 10.3 Å². The molecule has 6 heteroatoms. The molecule has 6 nitrogen and oxygen atoms in total. The Morgan fingerprint density at radius 2 is 1.90 bits per heavy atom. The Kier molecular flexibility index (Phi) is 8.35. The smallest absolute Gasteiger partial charge is 0.411 e. The van der Waals surface area contributed by atoms with E-state index in [1.165, 1.54) is 13.3 Å². The van der Waals surface area contributed by atoms with Crippen molar-refractivity contribution in [3.8, 4) is 0 Å². The number of nitrogens with zero attached hydrogens (tertiary/aromatic N) is 1. The number of esters is 1. The van der Waals surface area contributed by atoms with Crippen molar-refractivity contribution >= 4 is 17.8 Å². The lowest BCUT2D eigenvalue weighted by Crippen LogP contribution is -2.31. The second kappa shape index (κ2) is 9.15. The summed E-state index contributed by atoms with van der Waals surface area (Å²) in [6.45, 7) is 9.04. The van der Waals surface area contributed by atoms with E-state index in [4.69, 9.17) is 4.74 Å². The maximum absolute atomic E-state index is 11.6. The molecule has 0 spiro atoms. The van der Waals surface area contributed by atoms with Gasteiger partial charge in [0, 0.05) is 11.9 Å². The molecule has 0 aliphatic carbocycles. The third-order valence-corrected chi connectivity index (χ3v) is 2.30. The van der Waals surface area contributed by atoms with E-state index < -0.39 is 17.7 Å². The number of alkyl carbamates (subject to hydrolysis) is 1. The lowest BCUT2D eigenvalue weighted by Gasteiger charge is -2.19. The molecule has 21 heavy (non-hydrogen) atoms. The number of methoxy groups -OCH3 is 1. The van der Waals surface area contributed by atoms with E-state index in [2.05, 4.69) is 15.0 Å². The number of carbonyl (C=O) groups is 2. The summed E-state index contributed by atoms with van der Waals surface area (Å²) in [6.07, 6.45) is 3.21.